The molecule has 94 valence electrons. The van der Waals surface area contributed by atoms with Crippen LogP contribution in [0.5, 0.6) is 0 Å². The van der Waals surface area contributed by atoms with Gasteiger partial charge in [0.05, 0.1) is 10.7 Å². The van der Waals surface area contributed by atoms with Gasteiger partial charge in [-0.15, -0.1) is 0 Å². The molecule has 18 heavy (non-hydrogen) atoms. The summed E-state index contributed by atoms with van der Waals surface area (Å²) in [5, 5.41) is 3.43. The first-order valence-corrected chi connectivity index (χ1v) is 6.32. The Hall–Kier alpha value is -1.33. The van der Waals surface area contributed by atoms with Crippen LogP contribution in [-0.2, 0) is 6.54 Å². The molecule has 0 bridgehead atoms. The van der Waals surface area contributed by atoms with E-state index in [9.17, 15) is 4.39 Å². The molecule has 0 spiro atoms. The van der Waals surface area contributed by atoms with Crippen molar-refractivity contribution in [1.82, 2.24) is 4.98 Å². The van der Waals surface area contributed by atoms with Crippen LogP contribution >= 0.6 is 27.5 Å². The van der Waals surface area contributed by atoms with E-state index < -0.39 is 0 Å². The SMILES string of the molecule is Nc1cc(Cl)cnc1NCc1cc(Br)ccc1F. The minimum atomic E-state index is -0.279. The van der Waals surface area contributed by atoms with Crippen molar-refractivity contribution in [3.8, 4) is 0 Å². The zero-order valence-corrected chi connectivity index (χ0v) is 11.6. The number of aromatic nitrogens is 1. The van der Waals surface area contributed by atoms with Crippen LogP contribution in [0, 0.1) is 5.82 Å². The number of benzene rings is 1. The van der Waals surface area contributed by atoms with Crippen LogP contribution < -0.4 is 11.1 Å². The molecule has 2 rings (SSSR count). The molecule has 0 amide bonds. The lowest BCUT2D eigenvalue weighted by atomic mass is 10.2. The first-order valence-electron chi connectivity index (χ1n) is 5.15. The molecular formula is C12H10BrClFN3. The first kappa shape index (κ1) is 13.1. The molecule has 0 aliphatic rings. The second-order valence-corrected chi connectivity index (χ2v) is 5.03. The summed E-state index contributed by atoms with van der Waals surface area (Å²) < 4.78 is 14.3. The largest absolute Gasteiger partial charge is 0.396 e. The van der Waals surface area contributed by atoms with Crippen molar-refractivity contribution in [2.45, 2.75) is 6.54 Å². The van der Waals surface area contributed by atoms with Gasteiger partial charge in [-0.1, -0.05) is 27.5 Å². The maximum Gasteiger partial charge on any atom is 0.149 e. The van der Waals surface area contributed by atoms with Crippen molar-refractivity contribution >= 4 is 39.0 Å². The summed E-state index contributed by atoms with van der Waals surface area (Å²) in [6, 6.07) is 6.34. The van der Waals surface area contributed by atoms with E-state index in [0.717, 1.165) is 4.47 Å². The van der Waals surface area contributed by atoms with Gasteiger partial charge in [0.1, 0.15) is 11.6 Å². The summed E-state index contributed by atoms with van der Waals surface area (Å²) in [7, 11) is 0. The Balaban J connectivity index is 2.13. The van der Waals surface area contributed by atoms with Gasteiger partial charge in [0.2, 0.25) is 0 Å². The maximum atomic E-state index is 13.5. The Bertz CT molecular complexity index is 577. The summed E-state index contributed by atoms with van der Waals surface area (Å²) >= 11 is 9.04. The van der Waals surface area contributed by atoms with Gasteiger partial charge in [-0.3, -0.25) is 0 Å². The van der Waals surface area contributed by atoms with Crippen LogP contribution in [-0.4, -0.2) is 4.98 Å². The predicted octanol–water partition coefficient (Wildman–Crippen LogP) is 3.83. The van der Waals surface area contributed by atoms with Gasteiger partial charge < -0.3 is 11.1 Å². The summed E-state index contributed by atoms with van der Waals surface area (Å²) in [5.41, 5.74) is 6.70. The van der Waals surface area contributed by atoms with Gasteiger partial charge in [0.15, 0.2) is 0 Å². The van der Waals surface area contributed by atoms with Gasteiger partial charge in [0.25, 0.3) is 0 Å². The molecular weight excluding hydrogens is 321 g/mol. The van der Waals surface area contributed by atoms with E-state index in [2.05, 4.69) is 26.2 Å². The highest BCUT2D eigenvalue weighted by Crippen LogP contribution is 2.21. The highest BCUT2D eigenvalue weighted by atomic mass is 79.9. The third-order valence-corrected chi connectivity index (χ3v) is 3.04. The lowest BCUT2D eigenvalue weighted by molar-refractivity contribution is 0.612. The fraction of sp³-hybridized carbons (Fsp3) is 0.0833. The molecule has 0 radical (unpaired) electrons. The van der Waals surface area contributed by atoms with E-state index in [1.54, 1.807) is 18.2 Å². The topological polar surface area (TPSA) is 50.9 Å². The Morgan fingerprint density at radius 2 is 2.17 bits per heavy atom. The van der Waals surface area contributed by atoms with E-state index in [4.69, 9.17) is 17.3 Å². The predicted molar refractivity (Wildman–Crippen MR) is 75.1 cm³/mol. The molecule has 6 heteroatoms. The molecule has 0 saturated carbocycles. The van der Waals surface area contributed by atoms with Gasteiger partial charge >= 0.3 is 0 Å². The number of nitrogens with two attached hydrogens (primary N) is 1. The van der Waals surface area contributed by atoms with Gasteiger partial charge in [-0.2, -0.15) is 0 Å². The van der Waals surface area contributed by atoms with Gasteiger partial charge in [0, 0.05) is 22.8 Å². The number of halogens is 3. The van der Waals surface area contributed by atoms with E-state index in [-0.39, 0.29) is 5.82 Å². The standard InChI is InChI=1S/C12H10BrClFN3/c13-8-1-2-10(15)7(3-8)5-17-12-11(16)4-9(14)6-18-12/h1-4,6H,5,16H2,(H,17,18). The highest BCUT2D eigenvalue weighted by molar-refractivity contribution is 9.10. The van der Waals surface area contributed by atoms with Gasteiger partial charge in [-0.25, -0.2) is 9.37 Å². The van der Waals surface area contributed by atoms with Crippen LogP contribution in [0.4, 0.5) is 15.9 Å². The molecule has 1 aromatic carbocycles. The van der Waals surface area contributed by atoms with Crippen LogP contribution in [0.15, 0.2) is 34.9 Å². The Labute approximate surface area is 117 Å². The van der Waals surface area contributed by atoms with E-state index >= 15 is 0 Å². The number of hydrogen-bond acceptors (Lipinski definition) is 3. The third kappa shape index (κ3) is 3.11. The normalized spacial score (nSPS) is 10.4. The number of nitrogens with zero attached hydrogens (tertiary/aromatic N) is 1. The zero-order chi connectivity index (χ0) is 13.1. The van der Waals surface area contributed by atoms with Crippen LogP contribution in [0.25, 0.3) is 0 Å². The smallest absolute Gasteiger partial charge is 0.149 e. The lowest BCUT2D eigenvalue weighted by Gasteiger charge is -2.09. The number of anilines is 2. The number of rotatable bonds is 3. The molecule has 3 nitrogen and oxygen atoms in total. The zero-order valence-electron chi connectivity index (χ0n) is 9.25. The van der Waals surface area contributed by atoms with Crippen molar-refractivity contribution in [2.75, 3.05) is 11.1 Å². The summed E-state index contributed by atoms with van der Waals surface area (Å²) in [4.78, 5) is 4.04. The Morgan fingerprint density at radius 1 is 1.39 bits per heavy atom. The molecule has 0 aliphatic heterocycles. The third-order valence-electron chi connectivity index (χ3n) is 2.34. The monoisotopic (exact) mass is 329 g/mol. The molecule has 1 aromatic heterocycles. The van der Waals surface area contributed by atoms with E-state index in [1.807, 2.05) is 0 Å². The van der Waals surface area contributed by atoms with E-state index in [1.165, 1.54) is 12.3 Å². The molecule has 0 saturated heterocycles. The van der Waals surface area contributed by atoms with Crippen LogP contribution in [0.3, 0.4) is 0 Å². The molecule has 2 aromatic rings. The van der Waals surface area contributed by atoms with E-state index in [0.29, 0.717) is 28.6 Å². The number of nitrogen functional groups attached to an aromatic ring is 1. The van der Waals surface area contributed by atoms with Crippen molar-refractivity contribution in [3.63, 3.8) is 0 Å². The molecule has 0 aliphatic carbocycles. The van der Waals surface area contributed by atoms with Crippen molar-refractivity contribution in [2.24, 2.45) is 0 Å². The maximum absolute atomic E-state index is 13.5. The summed E-state index contributed by atoms with van der Waals surface area (Å²) in [6.07, 6.45) is 1.48. The molecule has 3 N–H and O–H groups in total. The number of hydrogen-bond donors (Lipinski definition) is 2. The fourth-order valence-corrected chi connectivity index (χ4v) is 2.04. The van der Waals surface area contributed by atoms with Crippen molar-refractivity contribution in [3.05, 3.63) is 51.3 Å². The second-order valence-electron chi connectivity index (χ2n) is 3.68. The summed E-state index contributed by atoms with van der Waals surface area (Å²) in [6.45, 7) is 0.296. The minimum Gasteiger partial charge on any atom is -0.396 e. The Morgan fingerprint density at radius 3 is 2.89 bits per heavy atom. The summed E-state index contributed by atoms with van der Waals surface area (Å²) in [5.74, 6) is 0.206. The fourth-order valence-electron chi connectivity index (χ4n) is 1.46. The molecule has 0 atom stereocenters. The average Bonchev–Trinajstić information content (AvgIpc) is 2.32. The van der Waals surface area contributed by atoms with Crippen LogP contribution in [0.1, 0.15) is 5.56 Å². The van der Waals surface area contributed by atoms with Gasteiger partial charge in [-0.05, 0) is 24.3 Å². The van der Waals surface area contributed by atoms with Crippen LogP contribution in [0.2, 0.25) is 5.02 Å². The first-order chi connectivity index (χ1) is 8.56. The quantitative estimate of drug-likeness (QED) is 0.899. The van der Waals surface area contributed by atoms with Crippen molar-refractivity contribution in [1.29, 1.82) is 0 Å². The highest BCUT2D eigenvalue weighted by Gasteiger charge is 2.05. The number of nitrogens with one attached hydrogen (secondary N) is 1. The molecule has 0 fully saturated rings. The average molecular weight is 331 g/mol. The molecule has 0 unspecified atom stereocenters. The second kappa shape index (κ2) is 5.54. The minimum absolute atomic E-state index is 0.279. The van der Waals surface area contributed by atoms with Crippen molar-refractivity contribution < 1.29 is 4.39 Å². The Kier molecular flexibility index (Phi) is 4.04. The number of pyridine rings is 1. The lowest BCUT2D eigenvalue weighted by Crippen LogP contribution is -2.05. The molecule has 1 heterocycles.